The number of hydrogen-bond acceptors (Lipinski definition) is 7. The van der Waals surface area contributed by atoms with Gasteiger partial charge in [0.2, 0.25) is 11.8 Å². The fourth-order valence-corrected chi connectivity index (χ4v) is 5.54. The number of benzene rings is 1. The lowest BCUT2D eigenvalue weighted by Gasteiger charge is -2.51. The molecule has 3 heterocycles. The van der Waals surface area contributed by atoms with Crippen molar-refractivity contribution in [2.24, 2.45) is 11.1 Å². The Morgan fingerprint density at radius 3 is 2.66 bits per heavy atom. The molecule has 170 valence electrons. The van der Waals surface area contributed by atoms with E-state index in [1.807, 2.05) is 6.07 Å². The molecule has 2 unspecified atom stereocenters. The Hall–Kier alpha value is -2.62. The minimum atomic E-state index is -0.948. The van der Waals surface area contributed by atoms with Gasteiger partial charge >= 0.3 is 0 Å². The zero-order valence-electron chi connectivity index (χ0n) is 17.9. The summed E-state index contributed by atoms with van der Waals surface area (Å²) in [6.45, 7) is 1.79. The lowest BCUT2D eigenvalue weighted by Crippen LogP contribution is -2.54. The maximum atomic E-state index is 13.2. The van der Waals surface area contributed by atoms with E-state index >= 15 is 0 Å². The van der Waals surface area contributed by atoms with Crippen molar-refractivity contribution >= 4 is 23.6 Å². The average molecular weight is 441 g/mol. The minimum Gasteiger partial charge on any atom is -0.376 e. The number of carbonyl (C=O) groups is 4. The maximum Gasteiger partial charge on any atom is 0.262 e. The second kappa shape index (κ2) is 8.06. The molecule has 9 heteroatoms. The molecule has 0 radical (unpaired) electrons. The smallest absolute Gasteiger partial charge is 0.262 e. The number of piperidine rings is 1. The van der Waals surface area contributed by atoms with Gasteiger partial charge < -0.3 is 15.8 Å². The van der Waals surface area contributed by atoms with Crippen LogP contribution in [0.4, 0.5) is 0 Å². The third-order valence-corrected chi connectivity index (χ3v) is 7.38. The van der Waals surface area contributed by atoms with Crippen molar-refractivity contribution in [1.29, 1.82) is 0 Å². The van der Waals surface area contributed by atoms with E-state index in [0.717, 1.165) is 42.8 Å². The molecule has 4 amide bonds. The molecule has 1 aromatic carbocycles. The van der Waals surface area contributed by atoms with E-state index in [9.17, 15) is 19.2 Å². The molecule has 3 aliphatic heterocycles. The Morgan fingerprint density at radius 1 is 1.16 bits per heavy atom. The summed E-state index contributed by atoms with van der Waals surface area (Å²) in [5, 5.41) is 5.75. The van der Waals surface area contributed by atoms with Crippen molar-refractivity contribution in [3.8, 4) is 0 Å². The van der Waals surface area contributed by atoms with Gasteiger partial charge in [-0.25, -0.2) is 0 Å². The first-order chi connectivity index (χ1) is 15.4. The molecule has 4 aliphatic rings. The Bertz CT molecular complexity index is 977. The summed E-state index contributed by atoms with van der Waals surface area (Å²) in [5.74, 6) is -1.91. The van der Waals surface area contributed by atoms with Gasteiger partial charge in [-0.3, -0.25) is 29.4 Å². The van der Waals surface area contributed by atoms with Gasteiger partial charge in [0.05, 0.1) is 23.8 Å². The van der Waals surface area contributed by atoms with Crippen molar-refractivity contribution in [1.82, 2.24) is 15.5 Å². The van der Waals surface area contributed by atoms with Crippen LogP contribution in [-0.2, 0) is 20.9 Å². The van der Waals surface area contributed by atoms with E-state index in [-0.39, 0.29) is 30.3 Å². The fourth-order valence-electron chi connectivity index (χ4n) is 5.54. The van der Waals surface area contributed by atoms with Gasteiger partial charge in [0, 0.05) is 25.6 Å². The number of hydrogen-bond donors (Lipinski definition) is 3. The van der Waals surface area contributed by atoms with Crippen LogP contribution >= 0.6 is 0 Å². The molecule has 3 fully saturated rings. The molecule has 2 saturated heterocycles. The molecule has 5 rings (SSSR count). The number of fused-ring (bicyclic) bond motifs is 1. The molecule has 32 heavy (non-hydrogen) atoms. The van der Waals surface area contributed by atoms with Gasteiger partial charge in [0.15, 0.2) is 0 Å². The van der Waals surface area contributed by atoms with Crippen LogP contribution in [0.25, 0.3) is 0 Å². The normalized spacial score (nSPS) is 32.2. The summed E-state index contributed by atoms with van der Waals surface area (Å²) in [6, 6.07) is 4.61. The Balaban J connectivity index is 1.24. The monoisotopic (exact) mass is 440 g/mol. The summed E-state index contributed by atoms with van der Waals surface area (Å²) in [5.41, 5.74) is 7.35. The Labute approximate surface area is 186 Å². The highest BCUT2D eigenvalue weighted by atomic mass is 16.5. The van der Waals surface area contributed by atoms with E-state index in [1.165, 1.54) is 0 Å². The molecular weight excluding hydrogens is 412 g/mol. The maximum absolute atomic E-state index is 13.2. The number of nitrogens with one attached hydrogen (secondary N) is 2. The van der Waals surface area contributed by atoms with Gasteiger partial charge in [-0.05, 0) is 49.1 Å². The highest BCUT2D eigenvalue weighted by molar-refractivity contribution is 6.24. The molecule has 0 aromatic heterocycles. The number of nitrogens with two attached hydrogens (primary N) is 1. The number of nitrogens with zero attached hydrogens (tertiary/aromatic N) is 1. The second-order valence-electron chi connectivity index (χ2n) is 9.48. The van der Waals surface area contributed by atoms with Crippen LogP contribution < -0.4 is 16.4 Å². The lowest BCUT2D eigenvalue weighted by molar-refractivity contribution is -0.136. The summed E-state index contributed by atoms with van der Waals surface area (Å²) in [4.78, 5) is 50.8. The van der Waals surface area contributed by atoms with Gasteiger partial charge in [0.1, 0.15) is 6.04 Å². The molecule has 1 saturated carbocycles. The van der Waals surface area contributed by atoms with Crippen LogP contribution in [0.3, 0.4) is 0 Å². The predicted molar refractivity (Wildman–Crippen MR) is 113 cm³/mol. The summed E-state index contributed by atoms with van der Waals surface area (Å²) >= 11 is 0. The predicted octanol–water partition coefficient (Wildman–Crippen LogP) is 0.464. The molecule has 1 aromatic rings. The first kappa shape index (κ1) is 21.2. The number of carbonyl (C=O) groups excluding carboxylic acids is 4. The molecular formula is C23H28N4O5. The number of amides is 4. The standard InChI is InChI=1S/C23H28N4O5/c24-10-15-6-7-23(12-32-15)8-14(9-23)25-11-13-2-1-3-16-19(13)22(31)27(21(16)30)17-4-5-18(28)26-20(17)29/h1-3,14-15,17,25H,4-12,24H2,(H,26,28,29). The van der Waals surface area contributed by atoms with Crippen LogP contribution in [-0.4, -0.2) is 59.9 Å². The van der Waals surface area contributed by atoms with Gasteiger partial charge in [-0.15, -0.1) is 0 Å². The van der Waals surface area contributed by atoms with Crippen molar-refractivity contribution in [3.05, 3.63) is 34.9 Å². The number of rotatable bonds is 5. The van der Waals surface area contributed by atoms with E-state index in [4.69, 9.17) is 10.5 Å². The number of ether oxygens (including phenoxy) is 1. The van der Waals surface area contributed by atoms with Gasteiger partial charge in [0.25, 0.3) is 11.8 Å². The molecule has 0 bridgehead atoms. The molecule has 9 nitrogen and oxygen atoms in total. The van der Waals surface area contributed by atoms with Crippen LogP contribution in [0, 0.1) is 5.41 Å². The first-order valence-electron chi connectivity index (χ1n) is 11.3. The van der Waals surface area contributed by atoms with Crippen LogP contribution in [0.5, 0.6) is 0 Å². The van der Waals surface area contributed by atoms with E-state index in [2.05, 4.69) is 10.6 Å². The van der Waals surface area contributed by atoms with Crippen molar-refractivity contribution in [2.45, 2.75) is 63.3 Å². The van der Waals surface area contributed by atoms with Gasteiger partial charge in [-0.2, -0.15) is 0 Å². The van der Waals surface area contributed by atoms with Crippen LogP contribution in [0.1, 0.15) is 64.8 Å². The third kappa shape index (κ3) is 3.54. The van der Waals surface area contributed by atoms with Gasteiger partial charge in [-0.1, -0.05) is 12.1 Å². The highest BCUT2D eigenvalue weighted by Crippen LogP contribution is 2.48. The average Bonchev–Trinajstić information content (AvgIpc) is 3.02. The molecule has 1 aliphatic carbocycles. The van der Waals surface area contributed by atoms with E-state index in [0.29, 0.717) is 30.3 Å². The quantitative estimate of drug-likeness (QED) is 0.567. The lowest BCUT2D eigenvalue weighted by atomic mass is 9.62. The van der Waals surface area contributed by atoms with Crippen molar-refractivity contribution in [3.63, 3.8) is 0 Å². The zero-order chi connectivity index (χ0) is 22.5. The Kier molecular flexibility index (Phi) is 5.35. The SMILES string of the molecule is NCC1CCC2(CO1)CC(NCc1cccc3c1C(=O)N(C1CCC(=O)NC1=O)C3=O)C2. The Morgan fingerprint density at radius 2 is 1.97 bits per heavy atom. The van der Waals surface area contributed by atoms with Crippen molar-refractivity contribution in [2.75, 3.05) is 13.2 Å². The van der Waals surface area contributed by atoms with Crippen LogP contribution in [0.2, 0.25) is 0 Å². The number of imide groups is 2. The first-order valence-corrected chi connectivity index (χ1v) is 11.3. The second-order valence-corrected chi connectivity index (χ2v) is 9.48. The topological polar surface area (TPSA) is 131 Å². The molecule has 1 spiro atoms. The highest BCUT2D eigenvalue weighted by Gasteiger charge is 2.47. The summed E-state index contributed by atoms with van der Waals surface area (Å²) in [6.07, 6.45) is 4.61. The van der Waals surface area contributed by atoms with Crippen LogP contribution in [0.15, 0.2) is 18.2 Å². The fraction of sp³-hybridized carbons (Fsp3) is 0.565. The van der Waals surface area contributed by atoms with E-state index in [1.54, 1.807) is 12.1 Å². The third-order valence-electron chi connectivity index (χ3n) is 7.38. The summed E-state index contributed by atoms with van der Waals surface area (Å²) in [7, 11) is 0. The molecule has 4 N–H and O–H groups in total. The van der Waals surface area contributed by atoms with E-state index < -0.39 is 23.8 Å². The van der Waals surface area contributed by atoms with Crippen molar-refractivity contribution < 1.29 is 23.9 Å². The molecule has 2 atom stereocenters. The largest absolute Gasteiger partial charge is 0.376 e. The summed E-state index contributed by atoms with van der Waals surface area (Å²) < 4.78 is 5.87. The minimum absolute atomic E-state index is 0.109. The zero-order valence-corrected chi connectivity index (χ0v) is 17.9.